The van der Waals surface area contributed by atoms with Crippen LogP contribution in [0.3, 0.4) is 0 Å². The Morgan fingerprint density at radius 2 is 1.86 bits per heavy atom. The molecule has 29 heavy (non-hydrogen) atoms. The number of piperidine rings is 1. The fourth-order valence-electron chi connectivity index (χ4n) is 3.25. The van der Waals surface area contributed by atoms with Crippen LogP contribution in [0.2, 0.25) is 0 Å². The van der Waals surface area contributed by atoms with Crippen LogP contribution in [0.5, 0.6) is 0 Å². The van der Waals surface area contributed by atoms with Gasteiger partial charge in [0.25, 0.3) is 5.69 Å². The fraction of sp³-hybridized carbons (Fsp3) is 0.650. The van der Waals surface area contributed by atoms with E-state index in [-0.39, 0.29) is 35.2 Å². The Kier molecular flexibility index (Phi) is 11.4. The molecule has 2 rings (SSSR count). The highest BCUT2D eigenvalue weighted by Crippen LogP contribution is 2.19. The van der Waals surface area contributed by atoms with E-state index in [1.54, 1.807) is 19.2 Å². The topological polar surface area (TPSA) is 92.0 Å². The summed E-state index contributed by atoms with van der Waals surface area (Å²) in [5, 5.41) is 17.5. The van der Waals surface area contributed by atoms with E-state index in [9.17, 15) is 10.1 Å². The molecule has 2 N–H and O–H groups in total. The number of halogens is 1. The number of aliphatic imine (C=N–C) groups is 1. The number of rotatable bonds is 9. The predicted molar refractivity (Wildman–Crippen MR) is 127 cm³/mol. The van der Waals surface area contributed by atoms with Gasteiger partial charge in [0, 0.05) is 37.9 Å². The van der Waals surface area contributed by atoms with Crippen molar-refractivity contribution in [2.24, 2.45) is 4.99 Å². The highest BCUT2D eigenvalue weighted by Gasteiger charge is 2.27. The molecule has 0 aromatic heterocycles. The number of methoxy groups -OCH3 is 1. The Labute approximate surface area is 190 Å². The van der Waals surface area contributed by atoms with Gasteiger partial charge in [0.2, 0.25) is 0 Å². The van der Waals surface area contributed by atoms with Crippen molar-refractivity contribution < 1.29 is 9.66 Å². The molecule has 1 aromatic carbocycles. The second-order valence-electron chi connectivity index (χ2n) is 7.72. The first-order valence-electron chi connectivity index (χ1n) is 9.92. The van der Waals surface area contributed by atoms with E-state index in [0.717, 1.165) is 31.2 Å². The average Bonchev–Trinajstić information content (AvgIpc) is 2.70. The molecule has 9 heteroatoms. The first kappa shape index (κ1) is 25.6. The van der Waals surface area contributed by atoms with Crippen LogP contribution >= 0.6 is 24.0 Å². The summed E-state index contributed by atoms with van der Waals surface area (Å²) in [4.78, 5) is 17.6. The molecular formula is C20H34IN5O3. The Balaban J connectivity index is 0.00000420. The number of nitrogens with one attached hydrogen (secondary N) is 2. The summed E-state index contributed by atoms with van der Waals surface area (Å²) in [7, 11) is 1.67. The van der Waals surface area contributed by atoms with Crippen molar-refractivity contribution in [1.29, 1.82) is 0 Å². The zero-order chi connectivity index (χ0) is 20.4. The van der Waals surface area contributed by atoms with Crippen molar-refractivity contribution in [2.75, 3.05) is 39.9 Å². The van der Waals surface area contributed by atoms with Gasteiger partial charge in [-0.1, -0.05) is 18.6 Å². The minimum atomic E-state index is -0.394. The van der Waals surface area contributed by atoms with Crippen LogP contribution < -0.4 is 10.6 Å². The van der Waals surface area contributed by atoms with Gasteiger partial charge < -0.3 is 15.4 Å². The lowest BCUT2D eigenvalue weighted by molar-refractivity contribution is -0.384. The summed E-state index contributed by atoms with van der Waals surface area (Å²) < 4.78 is 5.11. The normalized spacial score (nSPS) is 15.5. The largest absolute Gasteiger partial charge is 0.383 e. The molecule has 0 spiro atoms. The van der Waals surface area contributed by atoms with Gasteiger partial charge >= 0.3 is 0 Å². The molecule has 1 aliphatic heterocycles. The quantitative estimate of drug-likeness (QED) is 0.130. The molecule has 0 atom stereocenters. The van der Waals surface area contributed by atoms with E-state index in [1.807, 2.05) is 0 Å². The van der Waals surface area contributed by atoms with Gasteiger partial charge in [0.1, 0.15) is 0 Å². The van der Waals surface area contributed by atoms with Crippen LogP contribution in [0, 0.1) is 10.1 Å². The van der Waals surface area contributed by atoms with Crippen LogP contribution in [0.4, 0.5) is 5.69 Å². The lowest BCUT2D eigenvalue weighted by Gasteiger charge is -2.41. The van der Waals surface area contributed by atoms with Crippen LogP contribution in [-0.2, 0) is 11.3 Å². The minimum absolute atomic E-state index is 0. The van der Waals surface area contributed by atoms with Crippen molar-refractivity contribution >= 4 is 35.6 Å². The third-order valence-corrected chi connectivity index (χ3v) is 5.07. The number of nitro groups is 1. The zero-order valence-corrected chi connectivity index (χ0v) is 20.0. The zero-order valence-electron chi connectivity index (χ0n) is 17.6. The van der Waals surface area contributed by atoms with Crippen molar-refractivity contribution in [3.05, 3.63) is 39.9 Å². The number of nitrogens with zero attached hydrogens (tertiary/aromatic N) is 3. The van der Waals surface area contributed by atoms with Crippen molar-refractivity contribution in [1.82, 2.24) is 15.5 Å². The standard InChI is InChI=1S/C20H33N5O3.HI/c1-20(2,24-12-5-4-6-13-24)16-23-19(21-11-14-28-3)22-15-17-7-9-18(10-8-17)25(26)27;/h7-10H,4-6,11-16H2,1-3H3,(H2,21,22,23);1H. The predicted octanol–water partition coefficient (Wildman–Crippen LogP) is 3.16. The third-order valence-electron chi connectivity index (χ3n) is 5.07. The molecule has 0 radical (unpaired) electrons. The third kappa shape index (κ3) is 8.83. The lowest BCUT2D eigenvalue weighted by atomic mass is 9.98. The molecular weight excluding hydrogens is 485 g/mol. The van der Waals surface area contributed by atoms with Gasteiger partial charge in [0.05, 0.1) is 18.1 Å². The van der Waals surface area contributed by atoms with Crippen molar-refractivity contribution in [3.63, 3.8) is 0 Å². The van der Waals surface area contributed by atoms with Crippen LogP contribution in [0.15, 0.2) is 29.3 Å². The van der Waals surface area contributed by atoms with E-state index >= 15 is 0 Å². The highest BCUT2D eigenvalue weighted by atomic mass is 127. The number of non-ortho nitro benzene ring substituents is 1. The lowest BCUT2D eigenvalue weighted by Crippen LogP contribution is -2.55. The number of nitro benzene ring substituents is 1. The van der Waals surface area contributed by atoms with E-state index in [1.165, 1.54) is 31.4 Å². The van der Waals surface area contributed by atoms with Crippen LogP contribution in [-0.4, -0.2) is 61.2 Å². The van der Waals surface area contributed by atoms with Crippen LogP contribution in [0.25, 0.3) is 0 Å². The van der Waals surface area contributed by atoms with Gasteiger partial charge in [-0.25, -0.2) is 4.99 Å². The maximum absolute atomic E-state index is 10.8. The second-order valence-corrected chi connectivity index (χ2v) is 7.72. The Bertz CT molecular complexity index is 646. The van der Waals surface area contributed by atoms with Gasteiger partial charge in [-0.15, -0.1) is 24.0 Å². The smallest absolute Gasteiger partial charge is 0.269 e. The number of likely N-dealkylation sites (tertiary alicyclic amines) is 1. The molecule has 1 saturated heterocycles. The van der Waals surface area contributed by atoms with E-state index < -0.39 is 4.92 Å². The number of ether oxygens (including phenoxy) is 1. The van der Waals surface area contributed by atoms with Gasteiger partial charge in [0.15, 0.2) is 5.96 Å². The Morgan fingerprint density at radius 3 is 2.45 bits per heavy atom. The second kappa shape index (κ2) is 13.0. The highest BCUT2D eigenvalue weighted by molar-refractivity contribution is 14.0. The Hall–Kier alpha value is -1.46. The number of hydrogen-bond donors (Lipinski definition) is 2. The van der Waals surface area contributed by atoms with E-state index in [4.69, 9.17) is 4.74 Å². The molecule has 0 unspecified atom stereocenters. The monoisotopic (exact) mass is 519 g/mol. The molecule has 1 fully saturated rings. The maximum Gasteiger partial charge on any atom is 0.269 e. The summed E-state index contributed by atoms with van der Waals surface area (Å²) in [6.45, 7) is 9.28. The fourth-order valence-corrected chi connectivity index (χ4v) is 3.25. The molecule has 1 aliphatic rings. The summed E-state index contributed by atoms with van der Waals surface area (Å²) in [5.74, 6) is 0.723. The van der Waals surface area contributed by atoms with E-state index in [2.05, 4.69) is 34.4 Å². The van der Waals surface area contributed by atoms with E-state index in [0.29, 0.717) is 19.7 Å². The number of hydrogen-bond acceptors (Lipinski definition) is 5. The summed E-state index contributed by atoms with van der Waals surface area (Å²) in [5.41, 5.74) is 1.05. The molecule has 0 aliphatic carbocycles. The van der Waals surface area contributed by atoms with Gasteiger partial charge in [-0.05, 0) is 45.3 Å². The first-order valence-corrected chi connectivity index (χ1v) is 9.92. The summed E-state index contributed by atoms with van der Waals surface area (Å²) >= 11 is 0. The Morgan fingerprint density at radius 1 is 1.21 bits per heavy atom. The van der Waals surface area contributed by atoms with Crippen molar-refractivity contribution in [2.45, 2.75) is 45.2 Å². The van der Waals surface area contributed by atoms with Crippen molar-refractivity contribution in [3.8, 4) is 0 Å². The van der Waals surface area contributed by atoms with Gasteiger partial charge in [-0.2, -0.15) is 0 Å². The maximum atomic E-state index is 10.8. The molecule has 0 amide bonds. The first-order chi connectivity index (χ1) is 13.4. The number of benzene rings is 1. The SMILES string of the molecule is COCCNC(=NCc1ccc([N+](=O)[O-])cc1)NCC(C)(C)N1CCCCC1.I. The molecule has 164 valence electrons. The van der Waals surface area contributed by atoms with Gasteiger partial charge in [-0.3, -0.25) is 15.0 Å². The summed E-state index contributed by atoms with van der Waals surface area (Å²) in [6.07, 6.45) is 3.84. The molecule has 1 aromatic rings. The molecule has 0 bridgehead atoms. The molecule has 0 saturated carbocycles. The average molecular weight is 519 g/mol. The molecule has 1 heterocycles. The molecule has 8 nitrogen and oxygen atoms in total. The number of guanidine groups is 1. The van der Waals surface area contributed by atoms with Crippen LogP contribution in [0.1, 0.15) is 38.7 Å². The summed E-state index contributed by atoms with van der Waals surface area (Å²) in [6, 6.07) is 6.50. The minimum Gasteiger partial charge on any atom is -0.383 e.